The van der Waals surface area contributed by atoms with Crippen LogP contribution in [0, 0.1) is 5.92 Å². The molecule has 2 nitrogen and oxygen atoms in total. The van der Waals surface area contributed by atoms with Gasteiger partial charge in [-0.25, -0.2) is 0 Å². The summed E-state index contributed by atoms with van der Waals surface area (Å²) in [6.45, 7) is 8.18. The molecule has 0 aliphatic heterocycles. The second kappa shape index (κ2) is 4.75. The van der Waals surface area contributed by atoms with Crippen LogP contribution in [0.5, 0.6) is 0 Å². The highest BCUT2D eigenvalue weighted by Crippen LogP contribution is 2.22. The average molecular weight is 185 g/mol. The number of hydrogen-bond acceptors (Lipinski definition) is 2. The lowest BCUT2D eigenvalue weighted by Crippen LogP contribution is -2.50. The summed E-state index contributed by atoms with van der Waals surface area (Å²) in [5, 5.41) is 0. The molecule has 0 radical (unpaired) electrons. The molecule has 0 amide bonds. The first-order chi connectivity index (χ1) is 5.90. The van der Waals surface area contributed by atoms with Crippen LogP contribution < -0.4 is 0 Å². The van der Waals surface area contributed by atoms with Gasteiger partial charge in [-0.1, -0.05) is 20.8 Å². The minimum Gasteiger partial charge on any atom is -0.297 e. The van der Waals surface area contributed by atoms with Crippen molar-refractivity contribution in [3.05, 3.63) is 0 Å². The fourth-order valence-corrected chi connectivity index (χ4v) is 1.43. The summed E-state index contributed by atoms with van der Waals surface area (Å²) in [5.41, 5.74) is -0.282. The fourth-order valence-electron chi connectivity index (χ4n) is 1.43. The first-order valence-electron chi connectivity index (χ1n) is 5.11. The zero-order chi connectivity index (χ0) is 10.6. The Labute approximate surface area is 82.3 Å². The zero-order valence-corrected chi connectivity index (χ0v) is 9.85. The van der Waals surface area contributed by atoms with Crippen LogP contribution in [-0.2, 0) is 4.79 Å². The van der Waals surface area contributed by atoms with Crippen LogP contribution in [-0.4, -0.2) is 30.3 Å². The highest BCUT2D eigenvalue weighted by molar-refractivity contribution is 5.89. The van der Waals surface area contributed by atoms with Crippen LogP contribution in [0.4, 0.5) is 0 Å². The average Bonchev–Trinajstić information content (AvgIpc) is 2.13. The molecule has 0 aromatic heterocycles. The SMILES string of the molecule is CCC(C)C(=O)C(C)(CC)N(C)C. The molecular weight excluding hydrogens is 162 g/mol. The summed E-state index contributed by atoms with van der Waals surface area (Å²) >= 11 is 0. The number of nitrogens with zero attached hydrogens (tertiary/aromatic N) is 1. The summed E-state index contributed by atoms with van der Waals surface area (Å²) < 4.78 is 0. The molecule has 0 aromatic rings. The van der Waals surface area contributed by atoms with Crippen molar-refractivity contribution in [2.45, 2.75) is 46.1 Å². The van der Waals surface area contributed by atoms with Crippen molar-refractivity contribution >= 4 is 5.78 Å². The van der Waals surface area contributed by atoms with E-state index in [2.05, 4.69) is 13.8 Å². The van der Waals surface area contributed by atoms with Gasteiger partial charge in [-0.15, -0.1) is 0 Å². The Balaban J connectivity index is 4.66. The molecule has 0 aliphatic rings. The molecule has 0 aliphatic carbocycles. The van der Waals surface area contributed by atoms with Gasteiger partial charge in [0.05, 0.1) is 5.54 Å². The summed E-state index contributed by atoms with van der Waals surface area (Å²) in [5.74, 6) is 0.537. The summed E-state index contributed by atoms with van der Waals surface area (Å²) in [6.07, 6.45) is 1.81. The van der Waals surface area contributed by atoms with Gasteiger partial charge in [0.25, 0.3) is 0 Å². The van der Waals surface area contributed by atoms with Crippen molar-refractivity contribution in [1.82, 2.24) is 4.90 Å². The molecule has 2 heteroatoms. The van der Waals surface area contributed by atoms with Gasteiger partial charge in [0.2, 0.25) is 0 Å². The molecule has 0 saturated carbocycles. The van der Waals surface area contributed by atoms with Crippen molar-refractivity contribution in [3.63, 3.8) is 0 Å². The third-order valence-corrected chi connectivity index (χ3v) is 3.27. The number of carbonyl (C=O) groups is 1. The predicted molar refractivity (Wildman–Crippen MR) is 56.8 cm³/mol. The molecule has 0 saturated heterocycles. The Bertz CT molecular complexity index is 177. The van der Waals surface area contributed by atoms with Crippen molar-refractivity contribution in [2.24, 2.45) is 5.92 Å². The maximum atomic E-state index is 12.0. The molecule has 78 valence electrons. The largest absolute Gasteiger partial charge is 0.297 e. The van der Waals surface area contributed by atoms with E-state index < -0.39 is 0 Å². The molecule has 0 N–H and O–H groups in total. The van der Waals surface area contributed by atoms with Gasteiger partial charge in [-0.3, -0.25) is 9.69 Å². The maximum absolute atomic E-state index is 12.0. The number of Topliss-reactive ketones (excluding diaryl/α,β-unsaturated/α-hetero) is 1. The van der Waals surface area contributed by atoms with E-state index in [0.717, 1.165) is 12.8 Å². The minimum absolute atomic E-state index is 0.173. The number of ketones is 1. The molecular formula is C11H23NO. The molecule has 13 heavy (non-hydrogen) atoms. The Morgan fingerprint density at radius 1 is 1.38 bits per heavy atom. The minimum atomic E-state index is -0.282. The van der Waals surface area contributed by atoms with E-state index in [1.165, 1.54) is 0 Å². The number of rotatable bonds is 5. The number of likely N-dealkylation sites (N-methyl/N-ethyl adjacent to an activating group) is 1. The third kappa shape index (κ3) is 2.53. The zero-order valence-electron chi connectivity index (χ0n) is 9.85. The quantitative estimate of drug-likeness (QED) is 0.655. The molecule has 0 rings (SSSR count). The van der Waals surface area contributed by atoms with E-state index in [0.29, 0.717) is 5.78 Å². The van der Waals surface area contributed by atoms with Gasteiger partial charge in [-0.05, 0) is 33.9 Å². The van der Waals surface area contributed by atoms with Gasteiger partial charge in [-0.2, -0.15) is 0 Å². The number of carbonyl (C=O) groups excluding carboxylic acids is 1. The van der Waals surface area contributed by atoms with Crippen molar-refractivity contribution in [2.75, 3.05) is 14.1 Å². The van der Waals surface area contributed by atoms with Crippen molar-refractivity contribution in [1.29, 1.82) is 0 Å². The van der Waals surface area contributed by atoms with Crippen LogP contribution in [0.25, 0.3) is 0 Å². The topological polar surface area (TPSA) is 20.3 Å². The van der Waals surface area contributed by atoms with Gasteiger partial charge < -0.3 is 0 Å². The van der Waals surface area contributed by atoms with E-state index in [9.17, 15) is 4.79 Å². The summed E-state index contributed by atoms with van der Waals surface area (Å²) in [4.78, 5) is 14.1. The Kier molecular flexibility index (Phi) is 4.62. The first-order valence-corrected chi connectivity index (χ1v) is 5.11. The highest BCUT2D eigenvalue weighted by Gasteiger charge is 2.35. The van der Waals surface area contributed by atoms with Crippen LogP contribution in [0.15, 0.2) is 0 Å². The second-order valence-corrected chi connectivity index (χ2v) is 4.20. The van der Waals surface area contributed by atoms with E-state index in [4.69, 9.17) is 0 Å². The van der Waals surface area contributed by atoms with Crippen LogP contribution in [0.1, 0.15) is 40.5 Å². The van der Waals surface area contributed by atoms with Crippen molar-refractivity contribution in [3.8, 4) is 0 Å². The van der Waals surface area contributed by atoms with Gasteiger partial charge >= 0.3 is 0 Å². The van der Waals surface area contributed by atoms with E-state index in [1.54, 1.807) is 0 Å². The smallest absolute Gasteiger partial charge is 0.155 e. The maximum Gasteiger partial charge on any atom is 0.155 e. The lowest BCUT2D eigenvalue weighted by Gasteiger charge is -2.35. The summed E-state index contributed by atoms with van der Waals surface area (Å²) in [6, 6.07) is 0. The van der Waals surface area contributed by atoms with Gasteiger partial charge in [0.15, 0.2) is 5.78 Å². The lowest BCUT2D eigenvalue weighted by atomic mass is 9.84. The van der Waals surface area contributed by atoms with Crippen LogP contribution in [0.2, 0.25) is 0 Å². The predicted octanol–water partition coefficient (Wildman–Crippen LogP) is 2.33. The normalized spacial score (nSPS) is 18.4. The fraction of sp³-hybridized carbons (Fsp3) is 0.909. The van der Waals surface area contributed by atoms with Crippen LogP contribution in [0.3, 0.4) is 0 Å². The van der Waals surface area contributed by atoms with Crippen molar-refractivity contribution < 1.29 is 4.79 Å². The van der Waals surface area contributed by atoms with Gasteiger partial charge in [0.1, 0.15) is 0 Å². The van der Waals surface area contributed by atoms with Gasteiger partial charge in [0, 0.05) is 5.92 Å². The van der Waals surface area contributed by atoms with E-state index >= 15 is 0 Å². The molecule has 2 unspecified atom stereocenters. The number of hydrogen-bond donors (Lipinski definition) is 0. The Morgan fingerprint density at radius 2 is 1.85 bits per heavy atom. The summed E-state index contributed by atoms with van der Waals surface area (Å²) in [7, 11) is 3.95. The highest BCUT2D eigenvalue weighted by atomic mass is 16.1. The van der Waals surface area contributed by atoms with E-state index in [1.807, 2.05) is 32.8 Å². The van der Waals surface area contributed by atoms with E-state index in [-0.39, 0.29) is 11.5 Å². The Morgan fingerprint density at radius 3 is 2.08 bits per heavy atom. The molecule has 0 bridgehead atoms. The molecule has 2 atom stereocenters. The monoisotopic (exact) mass is 185 g/mol. The molecule has 0 spiro atoms. The third-order valence-electron chi connectivity index (χ3n) is 3.27. The lowest BCUT2D eigenvalue weighted by molar-refractivity contribution is -0.132. The first kappa shape index (κ1) is 12.6. The Hall–Kier alpha value is -0.370. The molecule has 0 heterocycles. The molecule has 0 aromatic carbocycles. The second-order valence-electron chi connectivity index (χ2n) is 4.20. The standard InChI is InChI=1S/C11H23NO/c1-7-9(3)10(13)11(4,8-2)12(5)6/h9H,7-8H2,1-6H3. The molecule has 0 fully saturated rings. The van der Waals surface area contributed by atoms with Crippen LogP contribution >= 0.6 is 0 Å².